The van der Waals surface area contributed by atoms with Gasteiger partial charge in [0, 0.05) is 12.5 Å². The van der Waals surface area contributed by atoms with E-state index < -0.39 is 0 Å². The molecule has 0 radical (unpaired) electrons. The fraction of sp³-hybridized carbons (Fsp3) is 0.889. The molecule has 0 heterocycles. The van der Waals surface area contributed by atoms with Crippen molar-refractivity contribution in [2.24, 2.45) is 22.8 Å². The predicted molar refractivity (Wildman–Crippen MR) is 50.4 cm³/mol. The highest BCUT2D eigenvalue weighted by atomic mass is 16.1. The van der Waals surface area contributed by atoms with Crippen LogP contribution in [0.1, 0.15) is 34.1 Å². The van der Waals surface area contributed by atoms with Crippen molar-refractivity contribution in [3.05, 3.63) is 0 Å². The maximum atomic E-state index is 10.6. The summed E-state index contributed by atoms with van der Waals surface area (Å²) in [7, 11) is 0. The topological polar surface area (TPSA) is 69.1 Å². The van der Waals surface area contributed by atoms with Crippen LogP contribution in [0.2, 0.25) is 0 Å². The fourth-order valence-corrected chi connectivity index (χ4v) is 1.05. The lowest BCUT2D eigenvalue weighted by atomic mass is 9.77. The molecule has 0 aliphatic carbocycles. The lowest BCUT2D eigenvalue weighted by Crippen LogP contribution is -2.39. The van der Waals surface area contributed by atoms with Gasteiger partial charge < -0.3 is 11.5 Å². The molecule has 72 valence electrons. The van der Waals surface area contributed by atoms with E-state index in [4.69, 9.17) is 11.5 Å². The molecule has 12 heavy (non-hydrogen) atoms. The highest BCUT2D eigenvalue weighted by Gasteiger charge is 2.26. The minimum atomic E-state index is -0.321. The Morgan fingerprint density at radius 1 is 1.42 bits per heavy atom. The predicted octanol–water partition coefficient (Wildman–Crippen LogP) is 0.871. The van der Waals surface area contributed by atoms with E-state index in [1.54, 1.807) is 0 Å². The second-order valence-electron chi connectivity index (χ2n) is 4.49. The Hall–Kier alpha value is -0.570. The quantitative estimate of drug-likeness (QED) is 0.663. The third-order valence-electron chi connectivity index (χ3n) is 2.45. The molecule has 0 rings (SSSR count). The van der Waals surface area contributed by atoms with Gasteiger partial charge in [-0.05, 0) is 11.3 Å². The van der Waals surface area contributed by atoms with Crippen molar-refractivity contribution in [1.29, 1.82) is 0 Å². The molecule has 0 aliphatic heterocycles. The van der Waals surface area contributed by atoms with E-state index in [9.17, 15) is 4.79 Å². The van der Waals surface area contributed by atoms with Gasteiger partial charge in [0.15, 0.2) is 0 Å². The van der Waals surface area contributed by atoms with Gasteiger partial charge in [-0.25, -0.2) is 0 Å². The lowest BCUT2D eigenvalue weighted by molar-refractivity contribution is -0.118. The van der Waals surface area contributed by atoms with Gasteiger partial charge in [0.25, 0.3) is 0 Å². The summed E-state index contributed by atoms with van der Waals surface area (Å²) in [4.78, 5) is 10.6. The van der Waals surface area contributed by atoms with E-state index in [-0.39, 0.29) is 23.8 Å². The van der Waals surface area contributed by atoms with Crippen LogP contribution in [0.5, 0.6) is 0 Å². The van der Waals surface area contributed by atoms with E-state index in [2.05, 4.69) is 20.8 Å². The largest absolute Gasteiger partial charge is 0.370 e. The first-order chi connectivity index (χ1) is 5.25. The van der Waals surface area contributed by atoms with E-state index in [1.807, 2.05) is 6.92 Å². The molecule has 0 saturated carbocycles. The van der Waals surface area contributed by atoms with Gasteiger partial charge in [0.05, 0.1) is 0 Å². The molecule has 1 amide bonds. The van der Waals surface area contributed by atoms with E-state index in [0.29, 0.717) is 5.92 Å². The van der Waals surface area contributed by atoms with Crippen molar-refractivity contribution in [3.63, 3.8) is 0 Å². The average Bonchev–Trinajstić information content (AvgIpc) is 1.82. The number of primary amides is 1. The van der Waals surface area contributed by atoms with Gasteiger partial charge in [-0.2, -0.15) is 0 Å². The van der Waals surface area contributed by atoms with Crippen LogP contribution >= 0.6 is 0 Å². The van der Waals surface area contributed by atoms with Crippen LogP contribution in [0.25, 0.3) is 0 Å². The standard InChI is InChI=1S/C9H20N2O/c1-6(9(2,3)4)7(10)5-8(11)12/h6-7H,5,10H2,1-4H3,(H2,11,12)/t6?,7-/m0/s1. The van der Waals surface area contributed by atoms with Crippen LogP contribution < -0.4 is 11.5 Å². The van der Waals surface area contributed by atoms with Crippen molar-refractivity contribution in [2.45, 2.75) is 40.2 Å². The molecular formula is C9H20N2O. The Labute approximate surface area is 74.5 Å². The number of amides is 1. The van der Waals surface area contributed by atoms with Crippen molar-refractivity contribution >= 4 is 5.91 Å². The molecule has 2 atom stereocenters. The zero-order valence-corrected chi connectivity index (χ0v) is 8.42. The molecule has 0 aromatic carbocycles. The third-order valence-corrected chi connectivity index (χ3v) is 2.45. The second kappa shape index (κ2) is 3.90. The van der Waals surface area contributed by atoms with Gasteiger partial charge in [-0.1, -0.05) is 27.7 Å². The summed E-state index contributed by atoms with van der Waals surface area (Å²) in [5, 5.41) is 0. The lowest BCUT2D eigenvalue weighted by Gasteiger charge is -2.31. The fourth-order valence-electron chi connectivity index (χ4n) is 1.05. The van der Waals surface area contributed by atoms with Gasteiger partial charge >= 0.3 is 0 Å². The smallest absolute Gasteiger partial charge is 0.218 e. The monoisotopic (exact) mass is 172 g/mol. The maximum Gasteiger partial charge on any atom is 0.218 e. The molecule has 0 bridgehead atoms. The Morgan fingerprint density at radius 3 is 2.08 bits per heavy atom. The Bertz CT molecular complexity index is 160. The van der Waals surface area contributed by atoms with Crippen LogP contribution in [0.4, 0.5) is 0 Å². The van der Waals surface area contributed by atoms with E-state index >= 15 is 0 Å². The molecule has 0 aromatic rings. The maximum absolute atomic E-state index is 10.6. The highest BCUT2D eigenvalue weighted by Crippen LogP contribution is 2.28. The third kappa shape index (κ3) is 3.72. The van der Waals surface area contributed by atoms with Crippen molar-refractivity contribution in [2.75, 3.05) is 0 Å². The summed E-state index contributed by atoms with van der Waals surface area (Å²) in [6.45, 7) is 8.38. The number of carbonyl (C=O) groups excluding carboxylic acids is 1. The molecule has 0 spiro atoms. The molecule has 0 fully saturated rings. The zero-order chi connectivity index (χ0) is 9.94. The Balaban J connectivity index is 4.10. The van der Waals surface area contributed by atoms with Crippen LogP contribution in [0.15, 0.2) is 0 Å². The summed E-state index contributed by atoms with van der Waals surface area (Å²) in [5.41, 5.74) is 11.0. The summed E-state index contributed by atoms with van der Waals surface area (Å²) >= 11 is 0. The van der Waals surface area contributed by atoms with E-state index in [1.165, 1.54) is 0 Å². The minimum absolute atomic E-state index is 0.123. The minimum Gasteiger partial charge on any atom is -0.370 e. The molecule has 1 unspecified atom stereocenters. The number of carbonyl (C=O) groups is 1. The van der Waals surface area contributed by atoms with Crippen LogP contribution in [0, 0.1) is 11.3 Å². The average molecular weight is 172 g/mol. The molecule has 4 N–H and O–H groups in total. The first-order valence-corrected chi connectivity index (χ1v) is 4.29. The molecular weight excluding hydrogens is 152 g/mol. The highest BCUT2D eigenvalue weighted by molar-refractivity contribution is 5.74. The summed E-state index contributed by atoms with van der Waals surface area (Å²) in [6.07, 6.45) is 0.276. The van der Waals surface area contributed by atoms with Crippen LogP contribution in [0.3, 0.4) is 0 Å². The summed E-state index contributed by atoms with van der Waals surface area (Å²) in [5.74, 6) is -0.0244. The number of hydrogen-bond acceptors (Lipinski definition) is 2. The molecule has 0 saturated heterocycles. The van der Waals surface area contributed by atoms with Gasteiger partial charge in [0.2, 0.25) is 5.91 Å². The van der Waals surface area contributed by atoms with Crippen molar-refractivity contribution < 1.29 is 4.79 Å². The van der Waals surface area contributed by atoms with Crippen LogP contribution in [-0.2, 0) is 4.79 Å². The first-order valence-electron chi connectivity index (χ1n) is 4.29. The summed E-state index contributed by atoms with van der Waals surface area (Å²) < 4.78 is 0. The van der Waals surface area contributed by atoms with E-state index in [0.717, 1.165) is 0 Å². The number of nitrogens with two attached hydrogens (primary N) is 2. The molecule has 0 aromatic heterocycles. The molecule has 3 nitrogen and oxygen atoms in total. The summed E-state index contributed by atoms with van der Waals surface area (Å²) in [6, 6.07) is -0.123. The van der Waals surface area contributed by atoms with Gasteiger partial charge in [-0.3, -0.25) is 4.79 Å². The van der Waals surface area contributed by atoms with Gasteiger partial charge in [-0.15, -0.1) is 0 Å². The Morgan fingerprint density at radius 2 is 1.83 bits per heavy atom. The zero-order valence-electron chi connectivity index (χ0n) is 8.42. The number of rotatable bonds is 3. The Kier molecular flexibility index (Phi) is 3.71. The second-order valence-corrected chi connectivity index (χ2v) is 4.49. The van der Waals surface area contributed by atoms with Crippen molar-refractivity contribution in [1.82, 2.24) is 0 Å². The molecule has 3 heteroatoms. The van der Waals surface area contributed by atoms with Gasteiger partial charge in [0.1, 0.15) is 0 Å². The molecule has 0 aliphatic rings. The van der Waals surface area contributed by atoms with Crippen LogP contribution in [-0.4, -0.2) is 11.9 Å². The first kappa shape index (κ1) is 11.4. The van der Waals surface area contributed by atoms with Crippen molar-refractivity contribution in [3.8, 4) is 0 Å². The SMILES string of the molecule is CC([C@@H](N)CC(N)=O)C(C)(C)C. The normalized spacial score (nSPS) is 17.1. The number of hydrogen-bond donors (Lipinski definition) is 2.